The fourth-order valence-corrected chi connectivity index (χ4v) is 3.92. The predicted octanol–water partition coefficient (Wildman–Crippen LogP) is 4.42. The van der Waals surface area contributed by atoms with Crippen molar-refractivity contribution in [1.29, 1.82) is 0 Å². The van der Waals surface area contributed by atoms with Crippen molar-refractivity contribution in [3.05, 3.63) is 71.0 Å². The molecule has 0 aliphatic rings. The molecule has 128 valence electrons. The molecule has 0 aliphatic heterocycles. The number of benzene rings is 2. The Hall–Kier alpha value is -1.46. The van der Waals surface area contributed by atoms with Gasteiger partial charge in [0.25, 0.3) is 0 Å². The van der Waals surface area contributed by atoms with Gasteiger partial charge in [-0.2, -0.15) is 11.8 Å². The van der Waals surface area contributed by atoms with E-state index in [1.54, 1.807) is 12.1 Å². The van der Waals surface area contributed by atoms with E-state index in [2.05, 4.69) is 30.4 Å². The zero-order valence-electron chi connectivity index (χ0n) is 13.8. The lowest BCUT2D eigenvalue weighted by molar-refractivity contribution is -0.118. The number of hydrogen-bond acceptors (Lipinski definition) is 3. The molecule has 2 aromatic rings. The molecule has 2 nitrogen and oxygen atoms in total. The smallest absolute Gasteiger partial charge is 0.230 e. The molecule has 2 aromatic carbocycles. The monoisotopic (exact) mass is 363 g/mol. The van der Waals surface area contributed by atoms with Crippen LogP contribution >= 0.6 is 23.5 Å². The molecule has 0 spiro atoms. The van der Waals surface area contributed by atoms with Gasteiger partial charge in [-0.15, -0.1) is 11.8 Å². The summed E-state index contributed by atoms with van der Waals surface area (Å²) in [7, 11) is 0. The maximum absolute atomic E-state index is 13.5. The highest BCUT2D eigenvalue weighted by atomic mass is 32.2. The zero-order chi connectivity index (χ0) is 17.2. The molecule has 0 bridgehead atoms. The van der Waals surface area contributed by atoms with Crippen LogP contribution < -0.4 is 5.32 Å². The molecule has 0 fully saturated rings. The molecule has 0 aromatic heterocycles. The molecule has 1 N–H and O–H groups in total. The Morgan fingerprint density at radius 2 is 1.67 bits per heavy atom. The van der Waals surface area contributed by atoms with Crippen LogP contribution in [-0.2, 0) is 16.3 Å². The average Bonchev–Trinajstić information content (AvgIpc) is 2.58. The molecule has 0 atom stereocenters. The van der Waals surface area contributed by atoms with Crippen LogP contribution in [0.3, 0.4) is 0 Å². The van der Waals surface area contributed by atoms with E-state index in [1.165, 1.54) is 29.0 Å². The maximum Gasteiger partial charge on any atom is 0.230 e. The Kier molecular flexibility index (Phi) is 8.19. The molecule has 0 unspecified atom stereocenters. The molecule has 0 saturated heterocycles. The Balaban J connectivity index is 1.55. The van der Waals surface area contributed by atoms with E-state index in [0.29, 0.717) is 23.6 Å². The first-order valence-electron chi connectivity index (χ1n) is 7.87. The highest BCUT2D eigenvalue weighted by Crippen LogP contribution is 2.16. The first-order chi connectivity index (χ1) is 11.7. The lowest BCUT2D eigenvalue weighted by Crippen LogP contribution is -2.27. The Morgan fingerprint density at radius 1 is 1.00 bits per heavy atom. The van der Waals surface area contributed by atoms with Crippen molar-refractivity contribution in [3.63, 3.8) is 0 Å². The molecule has 0 saturated carbocycles. The third-order valence-corrected chi connectivity index (χ3v) is 5.53. The highest BCUT2D eigenvalue weighted by Gasteiger charge is 2.04. The fraction of sp³-hybridized carbons (Fsp3) is 0.316. The second kappa shape index (κ2) is 10.4. The number of thioether (sulfide) groups is 2. The topological polar surface area (TPSA) is 29.1 Å². The Labute approximate surface area is 151 Å². The van der Waals surface area contributed by atoms with Crippen molar-refractivity contribution >= 4 is 29.4 Å². The van der Waals surface area contributed by atoms with Gasteiger partial charge in [-0.05, 0) is 29.7 Å². The first-order valence-corrected chi connectivity index (χ1v) is 10.2. The maximum atomic E-state index is 13.5. The number of halogens is 1. The molecule has 0 radical (unpaired) electrons. The first kappa shape index (κ1) is 18.9. The van der Waals surface area contributed by atoms with Gasteiger partial charge in [-0.25, -0.2) is 4.39 Å². The molecule has 24 heavy (non-hydrogen) atoms. The van der Waals surface area contributed by atoms with E-state index < -0.39 is 0 Å². The second-order valence-electron chi connectivity index (χ2n) is 5.41. The summed E-state index contributed by atoms with van der Waals surface area (Å²) in [6, 6.07) is 15.0. The van der Waals surface area contributed by atoms with E-state index in [-0.39, 0.29) is 11.7 Å². The lowest BCUT2D eigenvalue weighted by Gasteiger charge is -2.07. The van der Waals surface area contributed by atoms with E-state index in [4.69, 9.17) is 0 Å². The summed E-state index contributed by atoms with van der Waals surface area (Å²) in [5.74, 6) is 2.52. The molecular weight excluding hydrogens is 341 g/mol. The van der Waals surface area contributed by atoms with Crippen LogP contribution in [0, 0.1) is 12.7 Å². The van der Waals surface area contributed by atoms with Crippen LogP contribution in [0.15, 0.2) is 48.5 Å². The number of aryl methyl sites for hydroxylation is 1. The minimum Gasteiger partial charge on any atom is -0.355 e. The number of carbonyl (C=O) groups is 1. The van der Waals surface area contributed by atoms with Gasteiger partial charge in [0.15, 0.2) is 0 Å². The summed E-state index contributed by atoms with van der Waals surface area (Å²) >= 11 is 3.25. The van der Waals surface area contributed by atoms with Crippen LogP contribution in [-0.4, -0.2) is 24.0 Å². The van der Waals surface area contributed by atoms with Crippen LogP contribution in [0.5, 0.6) is 0 Å². The third-order valence-electron chi connectivity index (χ3n) is 3.54. The standard InChI is InChI=1S/C19H22FNOS2/c1-15-6-2-3-7-16(15)12-23-11-10-21-19(22)14-24-13-17-8-4-5-9-18(17)20/h2-9H,10-14H2,1H3,(H,21,22). The fourth-order valence-electron chi connectivity index (χ4n) is 2.14. The van der Waals surface area contributed by atoms with Crippen molar-refractivity contribution in [2.24, 2.45) is 0 Å². The van der Waals surface area contributed by atoms with Gasteiger partial charge in [0.2, 0.25) is 5.91 Å². The minimum atomic E-state index is -0.210. The number of hydrogen-bond donors (Lipinski definition) is 1. The van der Waals surface area contributed by atoms with Gasteiger partial charge in [0, 0.05) is 23.8 Å². The molecule has 5 heteroatoms. The molecule has 0 aliphatic carbocycles. The van der Waals surface area contributed by atoms with Gasteiger partial charge in [-0.1, -0.05) is 42.5 Å². The summed E-state index contributed by atoms with van der Waals surface area (Å²) < 4.78 is 13.5. The van der Waals surface area contributed by atoms with E-state index >= 15 is 0 Å². The quantitative estimate of drug-likeness (QED) is 0.669. The summed E-state index contributed by atoms with van der Waals surface area (Å²) in [5.41, 5.74) is 3.29. The van der Waals surface area contributed by atoms with Gasteiger partial charge in [0.05, 0.1) is 5.75 Å². The average molecular weight is 364 g/mol. The highest BCUT2D eigenvalue weighted by molar-refractivity contribution is 7.99. The van der Waals surface area contributed by atoms with Crippen LogP contribution in [0.4, 0.5) is 4.39 Å². The molecule has 1 amide bonds. The number of amides is 1. The van der Waals surface area contributed by atoms with Crippen molar-refractivity contribution in [2.75, 3.05) is 18.1 Å². The second-order valence-corrected chi connectivity index (χ2v) is 7.50. The molecule has 0 heterocycles. The number of nitrogens with one attached hydrogen (secondary N) is 1. The Morgan fingerprint density at radius 3 is 2.42 bits per heavy atom. The van der Waals surface area contributed by atoms with E-state index in [9.17, 15) is 9.18 Å². The predicted molar refractivity (Wildman–Crippen MR) is 103 cm³/mol. The summed E-state index contributed by atoms with van der Waals surface area (Å²) in [6.45, 7) is 2.78. The SMILES string of the molecule is Cc1ccccc1CSCCNC(=O)CSCc1ccccc1F. The van der Waals surface area contributed by atoms with Crippen LogP contribution in [0.2, 0.25) is 0 Å². The third kappa shape index (κ3) is 6.57. The van der Waals surface area contributed by atoms with Gasteiger partial charge in [-0.3, -0.25) is 4.79 Å². The van der Waals surface area contributed by atoms with Gasteiger partial charge >= 0.3 is 0 Å². The van der Waals surface area contributed by atoms with Crippen molar-refractivity contribution in [2.45, 2.75) is 18.4 Å². The van der Waals surface area contributed by atoms with Gasteiger partial charge < -0.3 is 5.32 Å². The minimum absolute atomic E-state index is 0.00725. The zero-order valence-corrected chi connectivity index (χ0v) is 15.4. The molecular formula is C19H22FNOS2. The van der Waals surface area contributed by atoms with Crippen molar-refractivity contribution < 1.29 is 9.18 Å². The van der Waals surface area contributed by atoms with E-state index in [1.807, 2.05) is 23.9 Å². The largest absolute Gasteiger partial charge is 0.355 e. The molecule has 2 rings (SSSR count). The number of carbonyl (C=O) groups excluding carboxylic acids is 1. The summed E-state index contributed by atoms with van der Waals surface area (Å²) in [4.78, 5) is 11.8. The van der Waals surface area contributed by atoms with E-state index in [0.717, 1.165) is 11.5 Å². The van der Waals surface area contributed by atoms with Crippen molar-refractivity contribution in [3.8, 4) is 0 Å². The summed E-state index contributed by atoms with van der Waals surface area (Å²) in [6.07, 6.45) is 0. The normalized spacial score (nSPS) is 10.6. The summed E-state index contributed by atoms with van der Waals surface area (Å²) in [5, 5.41) is 2.91. The van der Waals surface area contributed by atoms with Crippen molar-refractivity contribution in [1.82, 2.24) is 5.32 Å². The lowest BCUT2D eigenvalue weighted by atomic mass is 10.1. The van der Waals surface area contributed by atoms with Crippen LogP contribution in [0.1, 0.15) is 16.7 Å². The van der Waals surface area contributed by atoms with Gasteiger partial charge in [0.1, 0.15) is 5.82 Å². The Bertz CT molecular complexity index is 663. The number of rotatable bonds is 9. The van der Waals surface area contributed by atoms with Crippen LogP contribution in [0.25, 0.3) is 0 Å².